The molecule has 2 N–H and O–H groups in total. The molecule has 2 atom stereocenters. The summed E-state index contributed by atoms with van der Waals surface area (Å²) in [5, 5.41) is 12.3. The largest absolute Gasteiger partial charge is 0.392 e. The zero-order valence-corrected chi connectivity index (χ0v) is 9.13. The lowest BCUT2D eigenvalue weighted by Crippen LogP contribution is -2.27. The van der Waals surface area contributed by atoms with E-state index >= 15 is 0 Å². The molecule has 0 saturated heterocycles. The van der Waals surface area contributed by atoms with E-state index in [4.69, 9.17) is 5.11 Å². The normalized spacial score (nSPS) is 20.9. The zero-order valence-electron chi connectivity index (χ0n) is 9.13. The fourth-order valence-electron chi connectivity index (χ4n) is 2.17. The smallest absolute Gasteiger partial charge is 0.129 e. The van der Waals surface area contributed by atoms with Gasteiger partial charge in [-0.25, -0.2) is 8.78 Å². The van der Waals surface area contributed by atoms with Gasteiger partial charge in [0.1, 0.15) is 11.6 Å². The van der Waals surface area contributed by atoms with Gasteiger partial charge in [0, 0.05) is 18.7 Å². The zero-order chi connectivity index (χ0) is 11.7. The molecule has 16 heavy (non-hydrogen) atoms. The van der Waals surface area contributed by atoms with E-state index < -0.39 is 17.7 Å². The Morgan fingerprint density at radius 1 is 1.50 bits per heavy atom. The number of hydrogen-bond acceptors (Lipinski definition) is 2. The lowest BCUT2D eigenvalue weighted by Gasteiger charge is -2.15. The third kappa shape index (κ3) is 2.23. The van der Waals surface area contributed by atoms with Crippen LogP contribution in [0, 0.1) is 11.6 Å². The molecule has 0 bridgehead atoms. The summed E-state index contributed by atoms with van der Waals surface area (Å²) in [6.07, 6.45) is 0.920. The molecule has 1 unspecified atom stereocenters. The van der Waals surface area contributed by atoms with E-state index in [-0.39, 0.29) is 6.04 Å². The first kappa shape index (κ1) is 11.5. The highest BCUT2D eigenvalue weighted by Gasteiger charge is 2.25. The standard InChI is InChI=1S/C12H15F2NO/c1-7(16)6-15-12-3-2-9-10(12)4-8(13)5-11(9)14/h4-5,7,12,15-16H,2-3,6H2,1H3/t7-,12?/m0/s1. The summed E-state index contributed by atoms with van der Waals surface area (Å²) in [7, 11) is 0. The number of rotatable bonds is 3. The maximum atomic E-state index is 13.4. The van der Waals surface area contributed by atoms with Gasteiger partial charge in [0.25, 0.3) is 0 Å². The van der Waals surface area contributed by atoms with E-state index in [9.17, 15) is 8.78 Å². The van der Waals surface area contributed by atoms with E-state index in [0.717, 1.165) is 12.5 Å². The molecular weight excluding hydrogens is 212 g/mol. The summed E-state index contributed by atoms with van der Waals surface area (Å²) >= 11 is 0. The summed E-state index contributed by atoms with van der Waals surface area (Å²) in [6.45, 7) is 2.11. The van der Waals surface area contributed by atoms with Gasteiger partial charge in [-0.3, -0.25) is 0 Å². The maximum Gasteiger partial charge on any atom is 0.129 e. The van der Waals surface area contributed by atoms with Crippen LogP contribution >= 0.6 is 0 Å². The van der Waals surface area contributed by atoms with Crippen LogP contribution in [0.4, 0.5) is 8.78 Å². The molecule has 2 nitrogen and oxygen atoms in total. The van der Waals surface area contributed by atoms with Gasteiger partial charge >= 0.3 is 0 Å². The van der Waals surface area contributed by atoms with Crippen LogP contribution in [0.15, 0.2) is 12.1 Å². The third-order valence-electron chi connectivity index (χ3n) is 2.91. The SMILES string of the molecule is C[C@H](O)CNC1CCc2c(F)cc(F)cc21. The van der Waals surface area contributed by atoms with Gasteiger partial charge in [-0.1, -0.05) is 0 Å². The van der Waals surface area contributed by atoms with Crippen molar-refractivity contribution in [1.82, 2.24) is 5.32 Å². The molecule has 0 spiro atoms. The van der Waals surface area contributed by atoms with Crippen molar-refractivity contribution in [3.8, 4) is 0 Å². The van der Waals surface area contributed by atoms with Crippen LogP contribution in [0.25, 0.3) is 0 Å². The van der Waals surface area contributed by atoms with Crippen molar-refractivity contribution in [3.05, 3.63) is 34.9 Å². The summed E-state index contributed by atoms with van der Waals surface area (Å²) in [5.41, 5.74) is 1.29. The lowest BCUT2D eigenvalue weighted by atomic mass is 10.1. The first-order chi connectivity index (χ1) is 7.58. The molecule has 0 amide bonds. The molecule has 2 rings (SSSR count). The highest BCUT2D eigenvalue weighted by molar-refractivity contribution is 5.36. The van der Waals surface area contributed by atoms with Crippen molar-refractivity contribution in [2.45, 2.75) is 31.9 Å². The van der Waals surface area contributed by atoms with Crippen LogP contribution < -0.4 is 5.32 Å². The molecule has 0 fully saturated rings. The Labute approximate surface area is 93.3 Å². The summed E-state index contributed by atoms with van der Waals surface area (Å²) in [6, 6.07) is 2.26. The van der Waals surface area contributed by atoms with Gasteiger partial charge in [-0.15, -0.1) is 0 Å². The van der Waals surface area contributed by atoms with E-state index in [1.165, 1.54) is 6.07 Å². The fourth-order valence-corrected chi connectivity index (χ4v) is 2.17. The second-order valence-electron chi connectivity index (χ2n) is 4.30. The second kappa shape index (κ2) is 4.47. The summed E-state index contributed by atoms with van der Waals surface area (Å²) in [4.78, 5) is 0. The van der Waals surface area contributed by atoms with Crippen molar-refractivity contribution in [3.63, 3.8) is 0 Å². The molecule has 1 aromatic carbocycles. The van der Waals surface area contributed by atoms with Gasteiger partial charge in [-0.2, -0.15) is 0 Å². The molecule has 0 aliphatic heterocycles. The van der Waals surface area contributed by atoms with E-state index in [2.05, 4.69) is 5.32 Å². The van der Waals surface area contributed by atoms with Crippen LogP contribution in [-0.2, 0) is 6.42 Å². The quantitative estimate of drug-likeness (QED) is 0.827. The van der Waals surface area contributed by atoms with Crippen LogP contribution in [0.5, 0.6) is 0 Å². The molecule has 1 aliphatic carbocycles. The number of hydrogen-bond donors (Lipinski definition) is 2. The number of aliphatic hydroxyl groups is 1. The minimum atomic E-state index is -0.540. The minimum Gasteiger partial charge on any atom is -0.392 e. The third-order valence-corrected chi connectivity index (χ3v) is 2.91. The minimum absolute atomic E-state index is 0.0465. The monoisotopic (exact) mass is 227 g/mol. The van der Waals surface area contributed by atoms with Crippen molar-refractivity contribution >= 4 is 0 Å². The first-order valence-electron chi connectivity index (χ1n) is 5.47. The Balaban J connectivity index is 2.19. The molecule has 1 aliphatic rings. The van der Waals surface area contributed by atoms with Crippen LogP contribution in [0.2, 0.25) is 0 Å². The second-order valence-corrected chi connectivity index (χ2v) is 4.30. The fraction of sp³-hybridized carbons (Fsp3) is 0.500. The topological polar surface area (TPSA) is 32.3 Å². The number of fused-ring (bicyclic) bond motifs is 1. The number of nitrogens with one attached hydrogen (secondary N) is 1. The Bertz CT molecular complexity index is 393. The van der Waals surface area contributed by atoms with E-state index in [1.54, 1.807) is 6.92 Å². The molecule has 1 aromatic rings. The number of halogens is 2. The van der Waals surface area contributed by atoms with Gasteiger partial charge < -0.3 is 10.4 Å². The maximum absolute atomic E-state index is 13.4. The Kier molecular flexibility index (Phi) is 3.21. The average molecular weight is 227 g/mol. The van der Waals surface area contributed by atoms with Crippen molar-refractivity contribution in [1.29, 1.82) is 0 Å². The Morgan fingerprint density at radius 2 is 2.25 bits per heavy atom. The predicted molar refractivity (Wildman–Crippen MR) is 57.1 cm³/mol. The van der Waals surface area contributed by atoms with Crippen LogP contribution in [0.1, 0.15) is 30.5 Å². The summed E-state index contributed by atoms with van der Waals surface area (Å²) in [5.74, 6) is -1.00. The lowest BCUT2D eigenvalue weighted by molar-refractivity contribution is 0.186. The predicted octanol–water partition coefficient (Wildman–Crippen LogP) is 1.92. The highest BCUT2D eigenvalue weighted by Crippen LogP contribution is 2.33. The Morgan fingerprint density at radius 3 is 2.94 bits per heavy atom. The van der Waals surface area contributed by atoms with Crippen molar-refractivity contribution in [2.75, 3.05) is 6.54 Å². The molecule has 88 valence electrons. The van der Waals surface area contributed by atoms with Crippen molar-refractivity contribution in [2.24, 2.45) is 0 Å². The summed E-state index contributed by atoms with van der Waals surface area (Å²) < 4.78 is 26.5. The van der Waals surface area contributed by atoms with E-state index in [1.807, 2.05) is 0 Å². The molecular formula is C12H15F2NO. The highest BCUT2D eigenvalue weighted by atomic mass is 19.1. The van der Waals surface area contributed by atoms with Gasteiger partial charge in [0.2, 0.25) is 0 Å². The molecule has 0 radical (unpaired) electrons. The van der Waals surface area contributed by atoms with Crippen molar-refractivity contribution < 1.29 is 13.9 Å². The van der Waals surface area contributed by atoms with E-state index in [0.29, 0.717) is 24.1 Å². The average Bonchev–Trinajstić information content (AvgIpc) is 2.58. The van der Waals surface area contributed by atoms with Gasteiger partial charge in [-0.05, 0) is 37.0 Å². The number of benzene rings is 1. The molecule has 4 heteroatoms. The molecule has 0 heterocycles. The van der Waals surface area contributed by atoms with Gasteiger partial charge in [0.15, 0.2) is 0 Å². The molecule has 0 saturated carbocycles. The Hall–Kier alpha value is -1.00. The van der Waals surface area contributed by atoms with Crippen LogP contribution in [0.3, 0.4) is 0 Å². The first-order valence-corrected chi connectivity index (χ1v) is 5.47. The van der Waals surface area contributed by atoms with Crippen LogP contribution in [-0.4, -0.2) is 17.8 Å². The molecule has 0 aromatic heterocycles. The van der Waals surface area contributed by atoms with Gasteiger partial charge in [0.05, 0.1) is 6.10 Å². The number of aliphatic hydroxyl groups excluding tert-OH is 1.